The van der Waals surface area contributed by atoms with Crippen molar-refractivity contribution in [2.24, 2.45) is 0 Å². The van der Waals surface area contributed by atoms with Gasteiger partial charge in [-0.1, -0.05) is 19.1 Å². The van der Waals surface area contributed by atoms with Crippen molar-refractivity contribution in [3.05, 3.63) is 48.0 Å². The van der Waals surface area contributed by atoms with E-state index in [0.29, 0.717) is 4.57 Å². The molecule has 120 valence electrons. The molecule has 2 aromatic rings. The van der Waals surface area contributed by atoms with Gasteiger partial charge < -0.3 is 0 Å². The Morgan fingerprint density at radius 1 is 1.27 bits per heavy atom. The molecule has 0 saturated carbocycles. The summed E-state index contributed by atoms with van der Waals surface area (Å²) in [6.07, 6.45) is 3.15. The largest absolute Gasteiger partial charge is 0.319 e. The first-order valence-electron chi connectivity index (χ1n) is 6.71. The van der Waals surface area contributed by atoms with Gasteiger partial charge in [-0.25, -0.2) is 13.4 Å². The Morgan fingerprint density at radius 2 is 1.91 bits per heavy atom. The summed E-state index contributed by atoms with van der Waals surface area (Å²) in [5, 5.41) is 0. The van der Waals surface area contributed by atoms with Gasteiger partial charge in [0.2, 0.25) is 10.0 Å². The first kappa shape index (κ1) is 16.6. The maximum absolute atomic E-state index is 12.8. The van der Waals surface area contributed by atoms with Crippen molar-refractivity contribution >= 4 is 10.0 Å². The van der Waals surface area contributed by atoms with Crippen molar-refractivity contribution in [2.45, 2.75) is 31.3 Å². The van der Waals surface area contributed by atoms with Gasteiger partial charge in [0.25, 0.3) is 0 Å². The van der Waals surface area contributed by atoms with Crippen molar-refractivity contribution < 1.29 is 17.2 Å². The summed E-state index contributed by atoms with van der Waals surface area (Å²) in [4.78, 5) is 3.92. The standard InChI is InChI=1S/C14H17F2N3O2S/c1-3-11-4-6-12(7-5-11)22(20,21)18(2)10-13-17-8-9-19(13)14(15)16/h4-9,14H,3,10H2,1-2H3. The van der Waals surface area contributed by atoms with Crippen LogP contribution in [-0.2, 0) is 23.0 Å². The van der Waals surface area contributed by atoms with Crippen molar-refractivity contribution in [1.29, 1.82) is 0 Å². The van der Waals surface area contributed by atoms with Gasteiger partial charge in [-0.05, 0) is 24.1 Å². The third-order valence-corrected chi connectivity index (χ3v) is 5.18. The lowest BCUT2D eigenvalue weighted by molar-refractivity contribution is 0.0658. The Bertz CT molecular complexity index is 727. The third kappa shape index (κ3) is 3.33. The van der Waals surface area contributed by atoms with E-state index < -0.39 is 16.6 Å². The van der Waals surface area contributed by atoms with E-state index in [1.807, 2.05) is 6.92 Å². The molecule has 0 bridgehead atoms. The molecular weight excluding hydrogens is 312 g/mol. The number of aryl methyl sites for hydroxylation is 1. The van der Waals surface area contributed by atoms with Crippen LogP contribution in [0.5, 0.6) is 0 Å². The molecule has 0 aliphatic heterocycles. The zero-order valence-electron chi connectivity index (χ0n) is 12.3. The van der Waals surface area contributed by atoms with Crippen molar-refractivity contribution in [2.75, 3.05) is 7.05 Å². The summed E-state index contributed by atoms with van der Waals surface area (Å²) in [6.45, 7) is -1.01. The molecule has 8 heteroatoms. The minimum absolute atomic E-state index is 0.00810. The molecule has 0 unspecified atom stereocenters. The van der Waals surface area contributed by atoms with Crippen LogP contribution in [0.3, 0.4) is 0 Å². The van der Waals surface area contributed by atoms with Crippen LogP contribution in [0.15, 0.2) is 41.6 Å². The molecule has 0 fully saturated rings. The van der Waals surface area contributed by atoms with Gasteiger partial charge in [-0.2, -0.15) is 13.1 Å². The molecule has 1 aromatic heterocycles. The summed E-state index contributed by atoms with van der Waals surface area (Å²) in [5.74, 6) is -0.00810. The van der Waals surface area contributed by atoms with Crippen LogP contribution in [0.1, 0.15) is 24.9 Å². The molecular formula is C14H17F2N3O2S. The molecule has 0 aliphatic carbocycles. The van der Waals surface area contributed by atoms with Crippen LogP contribution in [0, 0.1) is 0 Å². The Labute approximate surface area is 128 Å². The fourth-order valence-electron chi connectivity index (χ4n) is 2.01. The van der Waals surface area contributed by atoms with E-state index in [0.717, 1.165) is 22.5 Å². The molecule has 0 radical (unpaired) electrons. The zero-order chi connectivity index (χ0) is 16.3. The average molecular weight is 329 g/mol. The van der Waals surface area contributed by atoms with E-state index in [1.54, 1.807) is 12.1 Å². The van der Waals surface area contributed by atoms with Crippen LogP contribution >= 0.6 is 0 Å². The molecule has 1 aromatic carbocycles. The van der Waals surface area contributed by atoms with Gasteiger partial charge in [0.05, 0.1) is 11.4 Å². The van der Waals surface area contributed by atoms with Crippen molar-refractivity contribution in [1.82, 2.24) is 13.9 Å². The smallest absolute Gasteiger partial charge is 0.277 e. The molecule has 0 N–H and O–H groups in total. The molecule has 5 nitrogen and oxygen atoms in total. The van der Waals surface area contributed by atoms with Crippen molar-refractivity contribution in [3.8, 4) is 0 Å². The van der Waals surface area contributed by atoms with Crippen LogP contribution in [0.4, 0.5) is 8.78 Å². The summed E-state index contributed by atoms with van der Waals surface area (Å²) >= 11 is 0. The Kier molecular flexibility index (Phi) is 4.92. The van der Waals surface area contributed by atoms with Crippen LogP contribution < -0.4 is 0 Å². The second-order valence-corrected chi connectivity index (χ2v) is 6.83. The lowest BCUT2D eigenvalue weighted by atomic mass is 10.2. The number of nitrogens with zero attached hydrogens (tertiary/aromatic N) is 3. The van der Waals surface area contributed by atoms with E-state index in [1.165, 1.54) is 25.4 Å². The molecule has 22 heavy (non-hydrogen) atoms. The number of benzene rings is 1. The molecule has 0 amide bonds. The van der Waals surface area contributed by atoms with Crippen molar-refractivity contribution in [3.63, 3.8) is 0 Å². The van der Waals surface area contributed by atoms with E-state index in [4.69, 9.17) is 0 Å². The highest BCUT2D eigenvalue weighted by atomic mass is 32.2. The third-order valence-electron chi connectivity index (χ3n) is 3.36. The topological polar surface area (TPSA) is 55.2 Å². The van der Waals surface area contributed by atoms with E-state index in [2.05, 4.69) is 4.98 Å². The van der Waals surface area contributed by atoms with E-state index >= 15 is 0 Å². The molecule has 2 rings (SSSR count). The number of rotatable bonds is 6. The van der Waals surface area contributed by atoms with Crippen LogP contribution in [0.2, 0.25) is 0 Å². The number of aromatic nitrogens is 2. The Hall–Kier alpha value is -1.80. The first-order valence-corrected chi connectivity index (χ1v) is 8.15. The van der Waals surface area contributed by atoms with E-state index in [-0.39, 0.29) is 17.3 Å². The monoisotopic (exact) mass is 329 g/mol. The second-order valence-electron chi connectivity index (χ2n) is 4.79. The highest BCUT2D eigenvalue weighted by molar-refractivity contribution is 7.89. The van der Waals surface area contributed by atoms with Gasteiger partial charge in [-0.3, -0.25) is 4.57 Å². The minimum atomic E-state index is -3.75. The molecule has 0 atom stereocenters. The average Bonchev–Trinajstić information content (AvgIpc) is 2.95. The van der Waals surface area contributed by atoms with Gasteiger partial charge >= 0.3 is 6.55 Å². The number of imidazole rings is 1. The van der Waals surface area contributed by atoms with Crippen LogP contribution in [-0.4, -0.2) is 29.3 Å². The first-order chi connectivity index (χ1) is 10.4. The van der Waals surface area contributed by atoms with E-state index in [9.17, 15) is 17.2 Å². The zero-order valence-corrected chi connectivity index (χ0v) is 13.1. The van der Waals surface area contributed by atoms with Crippen LogP contribution in [0.25, 0.3) is 0 Å². The predicted molar refractivity (Wildman–Crippen MR) is 78.0 cm³/mol. The molecule has 1 heterocycles. The fourth-order valence-corrected chi connectivity index (χ4v) is 3.13. The number of hydrogen-bond donors (Lipinski definition) is 0. The number of alkyl halides is 2. The number of halogens is 2. The van der Waals surface area contributed by atoms with Gasteiger partial charge in [0, 0.05) is 19.4 Å². The summed E-state index contributed by atoms with van der Waals surface area (Å²) < 4.78 is 52.1. The minimum Gasteiger partial charge on any atom is -0.277 e. The van der Waals surface area contributed by atoms with Gasteiger partial charge in [0.1, 0.15) is 5.82 Å². The SMILES string of the molecule is CCc1ccc(S(=O)(=O)N(C)Cc2nccn2C(F)F)cc1. The predicted octanol–water partition coefficient (Wildman–Crippen LogP) is 2.66. The lowest BCUT2D eigenvalue weighted by Gasteiger charge is -2.17. The molecule has 0 aliphatic rings. The number of sulfonamides is 1. The van der Waals surface area contributed by atoms with Gasteiger partial charge in [-0.15, -0.1) is 0 Å². The highest BCUT2D eigenvalue weighted by Gasteiger charge is 2.23. The fraction of sp³-hybridized carbons (Fsp3) is 0.357. The summed E-state index contributed by atoms with van der Waals surface area (Å²) in [5.41, 5.74) is 1.02. The normalized spacial score (nSPS) is 12.3. The summed E-state index contributed by atoms with van der Waals surface area (Å²) in [6, 6.07) is 6.51. The maximum atomic E-state index is 12.8. The maximum Gasteiger partial charge on any atom is 0.319 e. The Morgan fingerprint density at radius 3 is 2.45 bits per heavy atom. The lowest BCUT2D eigenvalue weighted by Crippen LogP contribution is -2.28. The Balaban J connectivity index is 2.23. The van der Waals surface area contributed by atoms with Gasteiger partial charge in [0.15, 0.2) is 0 Å². The highest BCUT2D eigenvalue weighted by Crippen LogP contribution is 2.19. The second kappa shape index (κ2) is 6.53. The summed E-state index contributed by atoms with van der Waals surface area (Å²) in [7, 11) is -2.41. The number of hydrogen-bond acceptors (Lipinski definition) is 3. The molecule has 0 spiro atoms. The molecule has 0 saturated heterocycles. The quantitative estimate of drug-likeness (QED) is 0.819.